The van der Waals surface area contributed by atoms with E-state index in [4.69, 9.17) is 9.47 Å². The van der Waals surface area contributed by atoms with Gasteiger partial charge in [0.25, 0.3) is 0 Å². The molecule has 6 nitrogen and oxygen atoms in total. The predicted molar refractivity (Wildman–Crippen MR) is 66.7 cm³/mol. The first-order chi connectivity index (χ1) is 8.85. The van der Waals surface area contributed by atoms with Crippen molar-refractivity contribution in [2.24, 2.45) is 0 Å². The van der Waals surface area contributed by atoms with Crippen LogP contribution >= 0.6 is 0 Å². The summed E-state index contributed by atoms with van der Waals surface area (Å²) in [4.78, 5) is 12.1. The highest BCUT2D eigenvalue weighted by molar-refractivity contribution is 5.43. The molecule has 94 valence electrons. The average molecular weight is 246 g/mol. The van der Waals surface area contributed by atoms with Gasteiger partial charge in [0.2, 0.25) is 11.8 Å². The van der Waals surface area contributed by atoms with E-state index in [-0.39, 0.29) is 0 Å². The third-order valence-corrected chi connectivity index (χ3v) is 2.38. The number of rotatable bonds is 5. The number of hydrogen-bond acceptors (Lipinski definition) is 6. The average Bonchev–Trinajstić information content (AvgIpc) is 2.45. The van der Waals surface area contributed by atoms with Crippen molar-refractivity contribution in [2.75, 3.05) is 19.5 Å². The molecule has 0 spiro atoms. The van der Waals surface area contributed by atoms with Gasteiger partial charge in [0.05, 0.1) is 32.0 Å². The molecule has 0 aromatic carbocycles. The van der Waals surface area contributed by atoms with Gasteiger partial charge in [-0.2, -0.15) is 0 Å². The highest BCUT2D eigenvalue weighted by atomic mass is 16.5. The molecule has 0 aliphatic rings. The molecule has 2 rings (SSSR count). The summed E-state index contributed by atoms with van der Waals surface area (Å²) in [7, 11) is 3.13. The fourth-order valence-corrected chi connectivity index (χ4v) is 1.54. The van der Waals surface area contributed by atoms with Crippen LogP contribution in [-0.2, 0) is 6.54 Å². The molecule has 0 atom stereocenters. The minimum Gasteiger partial charge on any atom is -0.481 e. The molecular formula is C12H14N4O2. The topological polar surface area (TPSA) is 69.2 Å². The normalized spacial score (nSPS) is 9.89. The van der Waals surface area contributed by atoms with Crippen LogP contribution in [0, 0.1) is 0 Å². The second kappa shape index (κ2) is 5.81. The van der Waals surface area contributed by atoms with Gasteiger partial charge < -0.3 is 14.8 Å². The first-order valence-electron chi connectivity index (χ1n) is 5.41. The zero-order chi connectivity index (χ0) is 12.8. The van der Waals surface area contributed by atoms with Crippen molar-refractivity contribution in [1.82, 2.24) is 15.0 Å². The molecule has 2 aromatic rings. The molecule has 0 fully saturated rings. The number of aromatic nitrogens is 3. The van der Waals surface area contributed by atoms with Crippen molar-refractivity contribution in [3.05, 3.63) is 36.4 Å². The Kier molecular flexibility index (Phi) is 3.90. The van der Waals surface area contributed by atoms with E-state index < -0.39 is 0 Å². The summed E-state index contributed by atoms with van der Waals surface area (Å²) in [5, 5.41) is 3.21. The van der Waals surface area contributed by atoms with Crippen LogP contribution in [0.4, 0.5) is 5.69 Å². The Morgan fingerprint density at radius 1 is 1.17 bits per heavy atom. The Hall–Kier alpha value is -2.37. The number of ether oxygens (including phenoxy) is 2. The van der Waals surface area contributed by atoms with Gasteiger partial charge in [-0.25, -0.2) is 9.97 Å². The van der Waals surface area contributed by atoms with Gasteiger partial charge >= 0.3 is 0 Å². The zero-order valence-electron chi connectivity index (χ0n) is 10.3. The minimum atomic E-state index is 0.498. The van der Waals surface area contributed by atoms with Crippen LogP contribution in [0.15, 0.2) is 30.9 Å². The molecule has 0 aliphatic carbocycles. The lowest BCUT2D eigenvalue weighted by molar-refractivity contribution is 0.363. The second-order valence-corrected chi connectivity index (χ2v) is 3.47. The van der Waals surface area contributed by atoms with E-state index in [1.807, 2.05) is 12.1 Å². The van der Waals surface area contributed by atoms with Gasteiger partial charge in [-0.1, -0.05) is 0 Å². The van der Waals surface area contributed by atoms with Crippen LogP contribution in [0.3, 0.4) is 0 Å². The summed E-state index contributed by atoms with van der Waals surface area (Å²) in [5.74, 6) is 0.997. The smallest absolute Gasteiger partial charge is 0.225 e. The summed E-state index contributed by atoms with van der Waals surface area (Å²) in [6.45, 7) is 0.499. The number of methoxy groups -OCH3 is 2. The predicted octanol–water partition coefficient (Wildman–Crippen LogP) is 1.50. The Morgan fingerprint density at radius 3 is 2.44 bits per heavy atom. The van der Waals surface area contributed by atoms with Crippen LogP contribution in [-0.4, -0.2) is 29.2 Å². The van der Waals surface area contributed by atoms with Crippen molar-refractivity contribution in [1.29, 1.82) is 0 Å². The van der Waals surface area contributed by atoms with Crippen molar-refractivity contribution in [3.63, 3.8) is 0 Å². The largest absolute Gasteiger partial charge is 0.481 e. The molecule has 6 heteroatoms. The maximum absolute atomic E-state index is 5.19. The third kappa shape index (κ3) is 2.65. The molecule has 0 saturated carbocycles. The van der Waals surface area contributed by atoms with Gasteiger partial charge in [0.1, 0.15) is 6.33 Å². The van der Waals surface area contributed by atoms with Gasteiger partial charge in [0, 0.05) is 12.4 Å². The highest BCUT2D eigenvalue weighted by Gasteiger charge is 2.12. The van der Waals surface area contributed by atoms with E-state index in [1.165, 1.54) is 6.33 Å². The molecule has 0 saturated heterocycles. The van der Waals surface area contributed by atoms with Gasteiger partial charge in [-0.3, -0.25) is 4.98 Å². The van der Waals surface area contributed by atoms with E-state index in [9.17, 15) is 0 Å². The van der Waals surface area contributed by atoms with Gasteiger partial charge in [-0.05, 0) is 12.1 Å². The summed E-state index contributed by atoms with van der Waals surface area (Å²) in [6, 6.07) is 3.79. The van der Waals surface area contributed by atoms with Crippen molar-refractivity contribution in [3.8, 4) is 11.8 Å². The SMILES string of the molecule is COc1ncnc(OC)c1CNc1cccnc1. The van der Waals surface area contributed by atoms with Crippen LogP contribution in [0.25, 0.3) is 0 Å². The van der Waals surface area contributed by atoms with Crippen molar-refractivity contribution < 1.29 is 9.47 Å². The second-order valence-electron chi connectivity index (χ2n) is 3.47. The van der Waals surface area contributed by atoms with Crippen LogP contribution in [0.2, 0.25) is 0 Å². The number of nitrogens with zero attached hydrogens (tertiary/aromatic N) is 3. The van der Waals surface area contributed by atoms with E-state index in [1.54, 1.807) is 26.6 Å². The monoisotopic (exact) mass is 246 g/mol. The zero-order valence-corrected chi connectivity index (χ0v) is 10.3. The van der Waals surface area contributed by atoms with Crippen molar-refractivity contribution >= 4 is 5.69 Å². The molecule has 0 amide bonds. The summed E-state index contributed by atoms with van der Waals surface area (Å²) in [6.07, 6.45) is 4.87. The highest BCUT2D eigenvalue weighted by Crippen LogP contribution is 2.24. The quantitative estimate of drug-likeness (QED) is 0.862. The lowest BCUT2D eigenvalue weighted by Crippen LogP contribution is -2.06. The lowest BCUT2D eigenvalue weighted by Gasteiger charge is -2.11. The third-order valence-electron chi connectivity index (χ3n) is 2.38. The van der Waals surface area contributed by atoms with Crippen LogP contribution < -0.4 is 14.8 Å². The number of anilines is 1. The Labute approximate surface area is 105 Å². The summed E-state index contributed by atoms with van der Waals surface area (Å²) >= 11 is 0. The Morgan fingerprint density at radius 2 is 1.89 bits per heavy atom. The fourth-order valence-electron chi connectivity index (χ4n) is 1.54. The van der Waals surface area contributed by atoms with E-state index in [0.29, 0.717) is 18.3 Å². The molecule has 0 bridgehead atoms. The summed E-state index contributed by atoms with van der Waals surface area (Å²) < 4.78 is 10.4. The van der Waals surface area contributed by atoms with Gasteiger partial charge in [-0.15, -0.1) is 0 Å². The van der Waals surface area contributed by atoms with Gasteiger partial charge in [0.15, 0.2) is 0 Å². The number of pyridine rings is 1. The molecule has 0 radical (unpaired) electrons. The molecular weight excluding hydrogens is 232 g/mol. The molecule has 2 aromatic heterocycles. The standard InChI is InChI=1S/C12H14N4O2/c1-17-11-10(12(18-2)16-8-15-11)7-14-9-4-3-5-13-6-9/h3-6,8,14H,7H2,1-2H3. The molecule has 0 aliphatic heterocycles. The minimum absolute atomic E-state index is 0.498. The maximum Gasteiger partial charge on any atom is 0.225 e. The molecule has 18 heavy (non-hydrogen) atoms. The number of nitrogens with one attached hydrogen (secondary N) is 1. The molecule has 1 N–H and O–H groups in total. The molecule has 0 unspecified atom stereocenters. The first kappa shape index (κ1) is 12.1. The Bertz CT molecular complexity index is 482. The first-order valence-corrected chi connectivity index (χ1v) is 5.41. The Balaban J connectivity index is 2.17. The van der Waals surface area contributed by atoms with E-state index >= 15 is 0 Å². The molecule has 2 heterocycles. The fraction of sp³-hybridized carbons (Fsp3) is 0.250. The van der Waals surface area contributed by atoms with Crippen molar-refractivity contribution in [2.45, 2.75) is 6.54 Å². The van der Waals surface area contributed by atoms with Crippen LogP contribution in [0.5, 0.6) is 11.8 Å². The maximum atomic E-state index is 5.19. The van der Waals surface area contributed by atoms with E-state index in [0.717, 1.165) is 11.3 Å². The number of hydrogen-bond donors (Lipinski definition) is 1. The van der Waals surface area contributed by atoms with Crippen LogP contribution in [0.1, 0.15) is 5.56 Å². The lowest BCUT2D eigenvalue weighted by atomic mass is 10.3. The summed E-state index contributed by atoms with van der Waals surface area (Å²) in [5.41, 5.74) is 1.68. The van der Waals surface area contributed by atoms with E-state index in [2.05, 4.69) is 20.3 Å².